The molecule has 2 rings (SSSR count). The zero-order chi connectivity index (χ0) is 18.5. The minimum atomic E-state index is -4.52. The number of nitrogens with one attached hydrogen (secondary N) is 2. The molecule has 1 saturated heterocycles. The molecule has 0 bridgehead atoms. The Balaban J connectivity index is 1.84. The van der Waals surface area contributed by atoms with E-state index in [1.54, 1.807) is 0 Å². The van der Waals surface area contributed by atoms with Crippen LogP contribution in [-0.2, 0) is 16.4 Å². The van der Waals surface area contributed by atoms with Crippen molar-refractivity contribution in [2.45, 2.75) is 31.9 Å². The Hall–Kier alpha value is -1.10. The first-order valence-corrected chi connectivity index (χ1v) is 9.73. The van der Waals surface area contributed by atoms with E-state index < -0.39 is 21.9 Å². The molecular formula is C14H20ClF3N4O2S. The van der Waals surface area contributed by atoms with Gasteiger partial charge < -0.3 is 5.32 Å². The van der Waals surface area contributed by atoms with Gasteiger partial charge in [-0.05, 0) is 18.9 Å². The fourth-order valence-corrected chi connectivity index (χ4v) is 3.97. The van der Waals surface area contributed by atoms with Crippen LogP contribution in [0.2, 0.25) is 5.02 Å². The van der Waals surface area contributed by atoms with E-state index in [9.17, 15) is 21.6 Å². The molecule has 1 aliphatic rings. The Morgan fingerprint density at radius 1 is 1.16 bits per heavy atom. The first-order valence-electron chi connectivity index (χ1n) is 7.91. The van der Waals surface area contributed by atoms with Gasteiger partial charge in [0.1, 0.15) is 5.82 Å². The maximum Gasteiger partial charge on any atom is 0.417 e. The second-order valence-electron chi connectivity index (χ2n) is 5.69. The Morgan fingerprint density at radius 2 is 1.80 bits per heavy atom. The predicted molar refractivity (Wildman–Crippen MR) is 89.7 cm³/mol. The molecule has 1 aromatic heterocycles. The molecule has 1 fully saturated rings. The summed E-state index contributed by atoms with van der Waals surface area (Å²) in [6, 6.07) is 0.776. The van der Waals surface area contributed by atoms with Gasteiger partial charge in [-0.25, -0.2) is 9.71 Å². The van der Waals surface area contributed by atoms with Crippen molar-refractivity contribution in [2.75, 3.05) is 31.5 Å². The third-order valence-electron chi connectivity index (χ3n) is 3.78. The second kappa shape index (κ2) is 8.52. The number of alkyl halides is 3. The molecule has 0 unspecified atom stereocenters. The minimum absolute atomic E-state index is 0.0673. The Morgan fingerprint density at radius 3 is 2.36 bits per heavy atom. The summed E-state index contributed by atoms with van der Waals surface area (Å²) in [5.74, 6) is 0.0728. The summed E-state index contributed by atoms with van der Waals surface area (Å²) in [5, 5.41) is 2.55. The monoisotopic (exact) mass is 400 g/mol. The van der Waals surface area contributed by atoms with E-state index >= 15 is 0 Å². The van der Waals surface area contributed by atoms with Gasteiger partial charge in [0, 0.05) is 32.4 Å². The summed E-state index contributed by atoms with van der Waals surface area (Å²) in [4.78, 5) is 3.63. The molecule has 142 valence electrons. The molecule has 25 heavy (non-hydrogen) atoms. The third-order valence-corrected chi connectivity index (χ3v) is 5.68. The number of nitrogens with zero attached hydrogens (tertiary/aromatic N) is 2. The van der Waals surface area contributed by atoms with Crippen LogP contribution < -0.4 is 10.0 Å². The Kier molecular flexibility index (Phi) is 6.89. The maximum absolute atomic E-state index is 12.5. The summed E-state index contributed by atoms with van der Waals surface area (Å²) < 4.78 is 65.9. The van der Waals surface area contributed by atoms with Gasteiger partial charge in [0.25, 0.3) is 10.2 Å². The molecule has 0 aromatic carbocycles. The van der Waals surface area contributed by atoms with Crippen molar-refractivity contribution in [3.63, 3.8) is 0 Å². The van der Waals surface area contributed by atoms with Gasteiger partial charge in [-0.1, -0.05) is 24.4 Å². The van der Waals surface area contributed by atoms with Crippen molar-refractivity contribution in [3.05, 3.63) is 22.8 Å². The van der Waals surface area contributed by atoms with Crippen LogP contribution in [0.1, 0.15) is 31.2 Å². The number of anilines is 1. The van der Waals surface area contributed by atoms with E-state index in [1.165, 1.54) is 4.31 Å². The van der Waals surface area contributed by atoms with Crippen LogP contribution in [0.15, 0.2) is 12.3 Å². The first kappa shape index (κ1) is 20.2. The fourth-order valence-electron chi connectivity index (χ4n) is 2.46. The van der Waals surface area contributed by atoms with Crippen molar-refractivity contribution in [1.29, 1.82) is 0 Å². The van der Waals surface area contributed by atoms with Gasteiger partial charge in [0.2, 0.25) is 0 Å². The number of hydrogen-bond donors (Lipinski definition) is 2. The lowest BCUT2D eigenvalue weighted by molar-refractivity contribution is -0.137. The lowest BCUT2D eigenvalue weighted by Crippen LogP contribution is -2.42. The molecule has 1 aromatic rings. The van der Waals surface area contributed by atoms with E-state index in [2.05, 4.69) is 15.0 Å². The van der Waals surface area contributed by atoms with Gasteiger partial charge in [0.05, 0.1) is 10.6 Å². The van der Waals surface area contributed by atoms with Crippen LogP contribution in [0, 0.1) is 0 Å². The molecule has 0 aliphatic carbocycles. The second-order valence-corrected chi connectivity index (χ2v) is 7.85. The molecule has 1 aliphatic heterocycles. The highest BCUT2D eigenvalue weighted by atomic mass is 35.5. The molecule has 6 nitrogen and oxygen atoms in total. The SMILES string of the molecule is O=S(=O)(NCCNc1ncc(C(F)(F)F)cc1Cl)N1CCCCCC1. The van der Waals surface area contributed by atoms with E-state index in [0.717, 1.165) is 31.7 Å². The van der Waals surface area contributed by atoms with Gasteiger partial charge >= 0.3 is 6.18 Å². The van der Waals surface area contributed by atoms with Crippen LogP contribution in [0.3, 0.4) is 0 Å². The van der Waals surface area contributed by atoms with Gasteiger partial charge in [-0.3, -0.25) is 0 Å². The van der Waals surface area contributed by atoms with Crippen LogP contribution in [0.4, 0.5) is 19.0 Å². The normalized spacial score (nSPS) is 17.3. The zero-order valence-electron chi connectivity index (χ0n) is 13.4. The van der Waals surface area contributed by atoms with Crippen LogP contribution in [0.25, 0.3) is 0 Å². The zero-order valence-corrected chi connectivity index (χ0v) is 15.0. The quantitative estimate of drug-likeness (QED) is 0.720. The van der Waals surface area contributed by atoms with Gasteiger partial charge in [0.15, 0.2) is 0 Å². The molecule has 0 atom stereocenters. The summed E-state index contributed by atoms with van der Waals surface area (Å²) in [6.07, 6.45) is -0.126. The number of hydrogen-bond acceptors (Lipinski definition) is 4. The van der Waals surface area contributed by atoms with E-state index in [0.29, 0.717) is 19.3 Å². The standard InChI is InChI=1S/C14H20ClF3N4O2S/c15-12-9-11(14(16,17)18)10-20-13(12)19-5-6-21-25(23,24)22-7-3-1-2-4-8-22/h9-10,21H,1-8H2,(H,19,20). The highest BCUT2D eigenvalue weighted by Crippen LogP contribution is 2.32. The predicted octanol–water partition coefficient (Wildman–Crippen LogP) is 2.88. The van der Waals surface area contributed by atoms with Crippen molar-refractivity contribution >= 4 is 27.6 Å². The van der Waals surface area contributed by atoms with E-state index in [-0.39, 0.29) is 23.9 Å². The molecule has 2 N–H and O–H groups in total. The highest BCUT2D eigenvalue weighted by molar-refractivity contribution is 7.87. The summed E-state index contributed by atoms with van der Waals surface area (Å²) in [7, 11) is -3.56. The largest absolute Gasteiger partial charge is 0.417 e. The molecule has 0 radical (unpaired) electrons. The number of pyridine rings is 1. The fraction of sp³-hybridized carbons (Fsp3) is 0.643. The summed E-state index contributed by atoms with van der Waals surface area (Å²) >= 11 is 5.77. The van der Waals surface area contributed by atoms with Crippen molar-refractivity contribution in [3.8, 4) is 0 Å². The molecule has 11 heteroatoms. The van der Waals surface area contributed by atoms with Crippen molar-refractivity contribution < 1.29 is 21.6 Å². The van der Waals surface area contributed by atoms with E-state index in [4.69, 9.17) is 11.6 Å². The molecule has 0 spiro atoms. The number of halogens is 4. The molecular weight excluding hydrogens is 381 g/mol. The van der Waals surface area contributed by atoms with Crippen LogP contribution in [0.5, 0.6) is 0 Å². The number of rotatable bonds is 6. The minimum Gasteiger partial charge on any atom is -0.368 e. The molecule has 2 heterocycles. The first-order chi connectivity index (χ1) is 11.7. The Bertz CT molecular complexity index is 677. The third kappa shape index (κ3) is 5.98. The molecule has 0 saturated carbocycles. The van der Waals surface area contributed by atoms with Gasteiger partial charge in [-0.15, -0.1) is 0 Å². The number of aromatic nitrogens is 1. The molecule has 0 amide bonds. The summed E-state index contributed by atoms with van der Waals surface area (Å²) in [6.45, 7) is 1.20. The van der Waals surface area contributed by atoms with Gasteiger partial charge in [-0.2, -0.15) is 25.9 Å². The topological polar surface area (TPSA) is 74.3 Å². The average Bonchev–Trinajstić information content (AvgIpc) is 2.81. The highest BCUT2D eigenvalue weighted by Gasteiger charge is 2.31. The summed E-state index contributed by atoms with van der Waals surface area (Å²) in [5.41, 5.74) is -0.940. The smallest absolute Gasteiger partial charge is 0.368 e. The maximum atomic E-state index is 12.5. The van der Waals surface area contributed by atoms with Crippen molar-refractivity contribution in [2.24, 2.45) is 0 Å². The lowest BCUT2D eigenvalue weighted by Gasteiger charge is -2.20. The van der Waals surface area contributed by atoms with Crippen molar-refractivity contribution in [1.82, 2.24) is 14.0 Å². The lowest BCUT2D eigenvalue weighted by atomic mass is 10.2. The van der Waals surface area contributed by atoms with Crippen LogP contribution in [-0.4, -0.2) is 43.9 Å². The Labute approximate surface area is 149 Å². The van der Waals surface area contributed by atoms with Crippen LogP contribution >= 0.6 is 11.6 Å². The van der Waals surface area contributed by atoms with E-state index in [1.807, 2.05) is 0 Å². The average molecular weight is 401 g/mol.